The van der Waals surface area contributed by atoms with Crippen LogP contribution in [0.15, 0.2) is 0 Å². The molecule has 0 aromatic heterocycles. The van der Waals surface area contributed by atoms with Crippen LogP contribution in [-0.4, -0.2) is 47.6 Å². The monoisotopic (exact) mass is 302 g/mol. The molecule has 20 heavy (non-hydrogen) atoms. The Balaban J connectivity index is 4.28. The smallest absolute Gasteiger partial charge is 0.192 e. The van der Waals surface area contributed by atoms with Gasteiger partial charge in [0.2, 0.25) is 0 Å². The molecule has 0 rings (SSSR count). The summed E-state index contributed by atoms with van der Waals surface area (Å²) in [7, 11) is -0.215. The van der Waals surface area contributed by atoms with Gasteiger partial charge in [0.1, 0.15) is 12.9 Å². The lowest BCUT2D eigenvalue weighted by atomic mass is 10.2. The summed E-state index contributed by atoms with van der Waals surface area (Å²) in [5.41, 5.74) is 0. The number of ether oxygens (including phenoxy) is 3. The van der Waals surface area contributed by atoms with Crippen LogP contribution in [0.4, 0.5) is 0 Å². The number of hydrogen-bond donors (Lipinski definition) is 0. The second-order valence-corrected chi connectivity index (χ2v) is 11.1. The molecular weight excluding hydrogens is 272 g/mol. The van der Waals surface area contributed by atoms with E-state index in [-0.39, 0.29) is 17.9 Å². The van der Waals surface area contributed by atoms with E-state index in [1.807, 2.05) is 6.92 Å². The summed E-state index contributed by atoms with van der Waals surface area (Å²) in [4.78, 5) is 0. The Morgan fingerprint density at radius 2 is 1.80 bits per heavy atom. The second-order valence-electron chi connectivity index (χ2n) is 6.36. The average Bonchev–Trinajstić information content (AvgIpc) is 2.31. The van der Waals surface area contributed by atoms with E-state index in [1.165, 1.54) is 0 Å². The van der Waals surface area contributed by atoms with Gasteiger partial charge in [-0.05, 0) is 25.1 Å². The molecule has 5 heteroatoms. The molecular formula is C15H30O4Si. The van der Waals surface area contributed by atoms with Gasteiger partial charge in [-0.25, -0.2) is 0 Å². The molecule has 4 nitrogen and oxygen atoms in total. The summed E-state index contributed by atoms with van der Waals surface area (Å²) >= 11 is 0. The molecule has 0 spiro atoms. The van der Waals surface area contributed by atoms with Crippen LogP contribution in [0.1, 0.15) is 27.7 Å². The fraction of sp³-hybridized carbons (Fsp3) is 0.867. The van der Waals surface area contributed by atoms with E-state index in [0.29, 0.717) is 13.2 Å². The highest BCUT2D eigenvalue weighted by molar-refractivity contribution is 6.74. The maximum absolute atomic E-state index is 6.22. The molecule has 118 valence electrons. The van der Waals surface area contributed by atoms with Gasteiger partial charge >= 0.3 is 0 Å². The van der Waals surface area contributed by atoms with Crippen molar-refractivity contribution in [3.63, 3.8) is 0 Å². The van der Waals surface area contributed by atoms with Crippen LogP contribution < -0.4 is 0 Å². The second kappa shape index (κ2) is 8.80. The third kappa shape index (κ3) is 6.87. The molecule has 0 fully saturated rings. The van der Waals surface area contributed by atoms with Crippen molar-refractivity contribution in [2.24, 2.45) is 0 Å². The van der Waals surface area contributed by atoms with Crippen molar-refractivity contribution in [1.29, 1.82) is 0 Å². The molecule has 0 radical (unpaired) electrons. The van der Waals surface area contributed by atoms with Crippen molar-refractivity contribution in [1.82, 2.24) is 0 Å². The lowest BCUT2D eigenvalue weighted by molar-refractivity contribution is -0.104. The first-order valence-electron chi connectivity index (χ1n) is 6.98. The maximum Gasteiger partial charge on any atom is 0.192 e. The maximum atomic E-state index is 6.22. The minimum Gasteiger partial charge on any atom is -0.411 e. The molecule has 0 unspecified atom stereocenters. The third-order valence-electron chi connectivity index (χ3n) is 3.64. The lowest BCUT2D eigenvalue weighted by Gasteiger charge is -2.39. The molecule has 0 aromatic rings. The van der Waals surface area contributed by atoms with E-state index in [2.05, 4.69) is 39.8 Å². The van der Waals surface area contributed by atoms with Gasteiger partial charge in [0, 0.05) is 7.11 Å². The quantitative estimate of drug-likeness (QED) is 0.284. The van der Waals surface area contributed by atoms with Gasteiger partial charge in [-0.3, -0.25) is 0 Å². The molecule has 0 heterocycles. The fourth-order valence-electron chi connectivity index (χ4n) is 1.35. The van der Waals surface area contributed by atoms with E-state index >= 15 is 0 Å². The largest absolute Gasteiger partial charge is 0.411 e. The van der Waals surface area contributed by atoms with Crippen molar-refractivity contribution < 1.29 is 18.6 Å². The van der Waals surface area contributed by atoms with Gasteiger partial charge in [0.15, 0.2) is 8.32 Å². The first-order chi connectivity index (χ1) is 9.15. The predicted octanol–water partition coefficient (Wildman–Crippen LogP) is 3.04. The molecule has 2 atom stereocenters. The van der Waals surface area contributed by atoms with E-state index < -0.39 is 14.4 Å². The molecule has 0 aliphatic heterocycles. The highest BCUT2D eigenvalue weighted by Crippen LogP contribution is 2.37. The molecule has 0 aromatic carbocycles. The van der Waals surface area contributed by atoms with Crippen molar-refractivity contribution in [2.75, 3.05) is 27.1 Å². The van der Waals surface area contributed by atoms with Crippen LogP contribution in [0, 0.1) is 12.3 Å². The zero-order valence-corrected chi connectivity index (χ0v) is 15.0. The summed E-state index contributed by atoms with van der Waals surface area (Å²) in [6, 6.07) is 0. The van der Waals surface area contributed by atoms with Crippen LogP contribution in [0.5, 0.6) is 0 Å². The van der Waals surface area contributed by atoms with Crippen molar-refractivity contribution >= 4 is 8.32 Å². The summed E-state index contributed by atoms with van der Waals surface area (Å²) < 4.78 is 21.9. The Labute approximate surface area is 125 Å². The predicted molar refractivity (Wildman–Crippen MR) is 84.1 cm³/mol. The topological polar surface area (TPSA) is 36.9 Å². The van der Waals surface area contributed by atoms with Crippen LogP contribution in [-0.2, 0) is 18.6 Å². The van der Waals surface area contributed by atoms with Gasteiger partial charge in [0.25, 0.3) is 0 Å². The highest BCUT2D eigenvalue weighted by atomic mass is 28.4. The number of methoxy groups -OCH3 is 1. The highest BCUT2D eigenvalue weighted by Gasteiger charge is 2.39. The molecule has 0 N–H and O–H groups in total. The zero-order chi connectivity index (χ0) is 15.8. The van der Waals surface area contributed by atoms with Gasteiger partial charge in [-0.2, -0.15) is 0 Å². The molecule has 0 saturated heterocycles. The molecule has 0 bridgehead atoms. The Hall–Kier alpha value is -0.383. The van der Waals surface area contributed by atoms with Crippen molar-refractivity contribution in [3.05, 3.63) is 0 Å². The van der Waals surface area contributed by atoms with E-state index in [9.17, 15) is 0 Å². The summed E-state index contributed by atoms with van der Waals surface area (Å²) in [6.07, 6.45) is 4.98. The minimum absolute atomic E-state index is 0.146. The normalized spacial score (nSPS) is 15.7. The van der Waals surface area contributed by atoms with Crippen LogP contribution >= 0.6 is 0 Å². The standard InChI is InChI=1S/C15H30O4Si/c1-9-14(18-12-17-11-10-16-6)13(2)19-20(7,8)15(3,4)5/h1,13-14H,10-12H2,2-8H3/t13-,14+/m0/s1. The van der Waals surface area contributed by atoms with Gasteiger partial charge < -0.3 is 18.6 Å². The number of rotatable bonds is 9. The number of terminal acetylenes is 1. The molecule has 0 amide bonds. The van der Waals surface area contributed by atoms with Crippen LogP contribution in [0.3, 0.4) is 0 Å². The third-order valence-corrected chi connectivity index (χ3v) is 8.21. The van der Waals surface area contributed by atoms with Gasteiger partial charge in [0.05, 0.1) is 19.3 Å². The summed E-state index contributed by atoms with van der Waals surface area (Å²) in [5.74, 6) is 2.63. The van der Waals surface area contributed by atoms with Crippen LogP contribution in [0.2, 0.25) is 18.1 Å². The zero-order valence-electron chi connectivity index (χ0n) is 14.0. The van der Waals surface area contributed by atoms with Crippen molar-refractivity contribution in [3.8, 4) is 12.3 Å². The molecule has 0 aliphatic rings. The Bertz CT molecular complexity index is 304. The van der Waals surface area contributed by atoms with E-state index in [4.69, 9.17) is 25.1 Å². The first kappa shape index (κ1) is 19.6. The molecule has 0 saturated carbocycles. The van der Waals surface area contributed by atoms with Crippen molar-refractivity contribution in [2.45, 2.75) is 58.0 Å². The minimum atomic E-state index is -1.84. The Morgan fingerprint density at radius 3 is 2.25 bits per heavy atom. The lowest BCUT2D eigenvalue weighted by Crippen LogP contribution is -2.46. The average molecular weight is 302 g/mol. The fourth-order valence-corrected chi connectivity index (χ4v) is 2.75. The molecule has 0 aliphatic carbocycles. The first-order valence-corrected chi connectivity index (χ1v) is 9.88. The van der Waals surface area contributed by atoms with E-state index in [1.54, 1.807) is 7.11 Å². The summed E-state index contributed by atoms with van der Waals surface area (Å²) in [5, 5.41) is 0.148. The van der Waals surface area contributed by atoms with Crippen LogP contribution in [0.25, 0.3) is 0 Å². The summed E-state index contributed by atoms with van der Waals surface area (Å²) in [6.45, 7) is 14.1. The Morgan fingerprint density at radius 1 is 1.20 bits per heavy atom. The van der Waals surface area contributed by atoms with Gasteiger partial charge in [-0.1, -0.05) is 26.7 Å². The Kier molecular flexibility index (Phi) is 8.64. The SMILES string of the molecule is C#C[C@@H](OCOCCOC)[C@H](C)O[Si](C)(C)C(C)(C)C. The van der Waals surface area contributed by atoms with Gasteiger partial charge in [-0.15, -0.1) is 6.42 Å². The number of hydrogen-bond acceptors (Lipinski definition) is 4. The van der Waals surface area contributed by atoms with E-state index in [0.717, 1.165) is 0 Å².